The van der Waals surface area contributed by atoms with E-state index < -0.39 is 44.7 Å². The van der Waals surface area contributed by atoms with Crippen LogP contribution in [0.1, 0.15) is 18.4 Å². The number of anilines is 1. The number of amides is 1. The monoisotopic (exact) mass is 436 g/mol. The van der Waals surface area contributed by atoms with Crippen LogP contribution in [0.15, 0.2) is 47.4 Å². The highest BCUT2D eigenvalue weighted by Gasteiger charge is 2.53. The van der Waals surface area contributed by atoms with Gasteiger partial charge in [-0.2, -0.15) is 17.9 Å². The van der Waals surface area contributed by atoms with E-state index >= 15 is 0 Å². The molecule has 1 aliphatic carbocycles. The van der Waals surface area contributed by atoms with Crippen molar-refractivity contribution in [3.05, 3.63) is 58.9 Å². The van der Waals surface area contributed by atoms with E-state index in [2.05, 4.69) is 10.0 Å². The number of hydrogen-bond donors (Lipinski definition) is 2. The number of hydrogen-bond acceptors (Lipinski definition) is 3. The van der Waals surface area contributed by atoms with Gasteiger partial charge in [-0.1, -0.05) is 17.7 Å². The van der Waals surface area contributed by atoms with E-state index in [4.69, 9.17) is 11.6 Å². The third-order valence-corrected chi connectivity index (χ3v) is 5.93. The highest BCUT2D eigenvalue weighted by atomic mass is 35.5. The second-order valence-corrected chi connectivity index (χ2v) is 8.41. The smallest absolute Gasteiger partial charge is 0.324 e. The maximum Gasteiger partial charge on any atom is 0.418 e. The van der Waals surface area contributed by atoms with Crippen LogP contribution < -0.4 is 10.0 Å². The van der Waals surface area contributed by atoms with Crippen molar-refractivity contribution in [1.82, 2.24) is 4.72 Å². The van der Waals surface area contributed by atoms with Crippen LogP contribution in [0.5, 0.6) is 0 Å². The Balaban J connectivity index is 1.84. The Labute approximate surface area is 162 Å². The summed E-state index contributed by atoms with van der Waals surface area (Å²) in [6.07, 6.45) is -4.70. The number of carbonyl (C=O) groups excluding carboxylic acids is 1. The van der Waals surface area contributed by atoms with Crippen LogP contribution in [-0.4, -0.2) is 19.9 Å². The summed E-state index contributed by atoms with van der Waals surface area (Å²) in [7, 11) is -4.14. The number of halogens is 5. The molecule has 2 aromatic rings. The molecule has 1 saturated carbocycles. The quantitative estimate of drug-likeness (QED) is 0.697. The largest absolute Gasteiger partial charge is 0.418 e. The molecular formula is C17H13ClF4N2O3S. The van der Waals surface area contributed by atoms with Crippen molar-refractivity contribution in [1.29, 1.82) is 0 Å². The van der Waals surface area contributed by atoms with Gasteiger partial charge in [0.1, 0.15) is 11.4 Å². The lowest BCUT2D eigenvalue weighted by atomic mass is 10.1. The third kappa shape index (κ3) is 4.29. The minimum Gasteiger partial charge on any atom is -0.324 e. The molecule has 5 nitrogen and oxygen atoms in total. The third-order valence-electron chi connectivity index (χ3n) is 4.16. The van der Waals surface area contributed by atoms with Crippen LogP contribution in [0.4, 0.5) is 23.2 Å². The first-order valence-electron chi connectivity index (χ1n) is 7.91. The SMILES string of the molecule is O=C(Nc1ccc(F)cc1C(F)(F)F)C1(NS(=O)(=O)c2cccc(Cl)c2)CC1. The summed E-state index contributed by atoms with van der Waals surface area (Å²) in [5.41, 5.74) is -3.61. The zero-order valence-electron chi connectivity index (χ0n) is 14.0. The Morgan fingerprint density at radius 3 is 2.36 bits per heavy atom. The van der Waals surface area contributed by atoms with Crippen molar-refractivity contribution in [2.24, 2.45) is 0 Å². The molecule has 3 rings (SSSR count). The van der Waals surface area contributed by atoms with E-state index in [1.165, 1.54) is 24.3 Å². The molecule has 1 fully saturated rings. The van der Waals surface area contributed by atoms with Gasteiger partial charge in [-0.3, -0.25) is 4.79 Å². The van der Waals surface area contributed by atoms with E-state index in [1.807, 2.05) is 0 Å². The molecule has 1 aliphatic rings. The molecule has 0 aromatic heterocycles. The summed E-state index contributed by atoms with van der Waals surface area (Å²) in [5, 5.41) is 2.22. The Kier molecular flexibility index (Phi) is 5.15. The molecular weight excluding hydrogens is 424 g/mol. The molecule has 0 saturated heterocycles. The first-order chi connectivity index (χ1) is 12.9. The van der Waals surface area contributed by atoms with E-state index in [1.54, 1.807) is 0 Å². The average molecular weight is 437 g/mol. The van der Waals surface area contributed by atoms with Crippen molar-refractivity contribution in [3.63, 3.8) is 0 Å². The van der Waals surface area contributed by atoms with Gasteiger partial charge in [0.25, 0.3) is 0 Å². The molecule has 0 unspecified atom stereocenters. The molecule has 150 valence electrons. The van der Waals surface area contributed by atoms with E-state index in [0.717, 1.165) is 12.1 Å². The van der Waals surface area contributed by atoms with Crippen molar-refractivity contribution in [3.8, 4) is 0 Å². The summed E-state index contributed by atoms with van der Waals surface area (Å²) in [5.74, 6) is -2.08. The second kappa shape index (κ2) is 7.02. The maximum absolute atomic E-state index is 13.2. The summed E-state index contributed by atoms with van der Waals surface area (Å²) in [6, 6.07) is 7.12. The maximum atomic E-state index is 13.2. The number of nitrogens with one attached hydrogen (secondary N) is 2. The lowest BCUT2D eigenvalue weighted by molar-refractivity contribution is -0.137. The fourth-order valence-corrected chi connectivity index (χ4v) is 4.28. The Hall–Kier alpha value is -2.17. The van der Waals surface area contributed by atoms with Crippen molar-refractivity contribution < 1.29 is 30.8 Å². The predicted molar refractivity (Wildman–Crippen MR) is 93.8 cm³/mol. The standard InChI is InChI=1S/C17H13ClF4N2O3S/c18-10-2-1-3-12(8-10)28(26,27)24-16(6-7-16)15(25)23-14-5-4-11(19)9-13(14)17(20,21)22/h1-5,8-9,24H,6-7H2,(H,23,25). The number of sulfonamides is 1. The normalized spacial score (nSPS) is 15.9. The topological polar surface area (TPSA) is 75.3 Å². The first kappa shape index (κ1) is 20.6. The molecule has 11 heteroatoms. The number of alkyl halides is 3. The summed E-state index contributed by atoms with van der Waals surface area (Å²) >= 11 is 5.77. The number of carbonyl (C=O) groups is 1. The van der Waals surface area contributed by atoms with Crippen LogP contribution >= 0.6 is 11.6 Å². The molecule has 0 heterocycles. The highest BCUT2D eigenvalue weighted by molar-refractivity contribution is 7.89. The van der Waals surface area contributed by atoms with Crippen LogP contribution in [0, 0.1) is 5.82 Å². The van der Waals surface area contributed by atoms with Crippen molar-refractivity contribution >= 4 is 33.2 Å². The Morgan fingerprint density at radius 1 is 1.11 bits per heavy atom. The predicted octanol–water partition coefficient (Wildman–Crippen LogP) is 3.95. The summed E-state index contributed by atoms with van der Waals surface area (Å²) in [6.45, 7) is 0. The first-order valence-corrected chi connectivity index (χ1v) is 9.77. The van der Waals surface area contributed by atoms with E-state index in [0.29, 0.717) is 0 Å². The van der Waals surface area contributed by atoms with Crippen LogP contribution in [-0.2, 0) is 21.0 Å². The molecule has 2 N–H and O–H groups in total. The van der Waals surface area contributed by atoms with Gasteiger partial charge >= 0.3 is 6.18 Å². The van der Waals surface area contributed by atoms with Crippen molar-refractivity contribution in [2.75, 3.05) is 5.32 Å². The fraction of sp³-hybridized carbons (Fsp3) is 0.235. The molecule has 0 spiro atoms. The Bertz CT molecular complexity index is 1040. The molecule has 0 aliphatic heterocycles. The van der Waals surface area contributed by atoms with Gasteiger partial charge in [0.05, 0.1) is 16.1 Å². The zero-order valence-corrected chi connectivity index (χ0v) is 15.6. The Morgan fingerprint density at radius 2 is 1.79 bits per heavy atom. The van der Waals surface area contributed by atoms with Crippen LogP contribution in [0.2, 0.25) is 5.02 Å². The zero-order chi connectivity index (χ0) is 20.7. The molecule has 2 aromatic carbocycles. The molecule has 28 heavy (non-hydrogen) atoms. The highest BCUT2D eigenvalue weighted by Crippen LogP contribution is 2.40. The number of benzene rings is 2. The van der Waals surface area contributed by atoms with Gasteiger partial charge in [0.2, 0.25) is 15.9 Å². The number of rotatable bonds is 5. The lowest BCUT2D eigenvalue weighted by Crippen LogP contribution is -2.46. The molecule has 0 bridgehead atoms. The van der Waals surface area contributed by atoms with E-state index in [-0.39, 0.29) is 28.8 Å². The van der Waals surface area contributed by atoms with E-state index in [9.17, 15) is 30.8 Å². The van der Waals surface area contributed by atoms with Gasteiger partial charge in [0, 0.05) is 5.02 Å². The van der Waals surface area contributed by atoms with Crippen molar-refractivity contribution in [2.45, 2.75) is 29.5 Å². The minimum absolute atomic E-state index is 0.0984. The van der Waals surface area contributed by atoms with Gasteiger partial charge in [-0.15, -0.1) is 0 Å². The van der Waals surface area contributed by atoms with Crippen LogP contribution in [0.3, 0.4) is 0 Å². The van der Waals surface area contributed by atoms with Gasteiger partial charge < -0.3 is 5.32 Å². The molecule has 0 radical (unpaired) electrons. The van der Waals surface area contributed by atoms with Gasteiger partial charge in [-0.25, -0.2) is 12.8 Å². The molecule has 1 amide bonds. The van der Waals surface area contributed by atoms with Gasteiger partial charge in [-0.05, 0) is 49.2 Å². The molecule has 0 atom stereocenters. The fourth-order valence-electron chi connectivity index (χ4n) is 2.55. The van der Waals surface area contributed by atoms with Crippen LogP contribution in [0.25, 0.3) is 0 Å². The summed E-state index contributed by atoms with van der Waals surface area (Å²) < 4.78 is 79.6. The second-order valence-electron chi connectivity index (χ2n) is 6.29. The lowest BCUT2D eigenvalue weighted by Gasteiger charge is -2.19. The average Bonchev–Trinajstić information content (AvgIpc) is 3.35. The van der Waals surface area contributed by atoms with Gasteiger partial charge in [0.15, 0.2) is 0 Å². The minimum atomic E-state index is -4.90. The summed E-state index contributed by atoms with van der Waals surface area (Å²) in [4.78, 5) is 12.3.